The van der Waals surface area contributed by atoms with Crippen molar-refractivity contribution in [2.24, 2.45) is 0 Å². The van der Waals surface area contributed by atoms with Crippen LogP contribution in [0.4, 0.5) is 0 Å². The second kappa shape index (κ2) is 6.64. The van der Waals surface area contributed by atoms with Crippen LogP contribution in [-0.2, 0) is 0 Å². The zero-order valence-electron chi connectivity index (χ0n) is 12.9. The molecule has 3 aromatic carbocycles. The van der Waals surface area contributed by atoms with Gasteiger partial charge in [0.1, 0.15) is 0 Å². The minimum atomic E-state index is 0.764. The fourth-order valence-electron chi connectivity index (χ4n) is 2.78. The number of halogens is 1. The summed E-state index contributed by atoms with van der Waals surface area (Å²) in [7, 11) is 0. The molecule has 1 aromatic heterocycles. The van der Waals surface area contributed by atoms with Crippen LogP contribution in [-0.4, -0.2) is 0 Å². The van der Waals surface area contributed by atoms with Gasteiger partial charge in [0.05, 0.1) is 0 Å². The average molecular weight is 347 g/mol. The molecule has 0 amide bonds. The largest absolute Gasteiger partial charge is 0.135 e. The van der Waals surface area contributed by atoms with Crippen molar-refractivity contribution < 1.29 is 0 Å². The first-order valence-electron chi connectivity index (χ1n) is 7.82. The Morgan fingerprint density at radius 2 is 1.17 bits per heavy atom. The topological polar surface area (TPSA) is 0 Å². The third-order valence-electron chi connectivity index (χ3n) is 3.98. The lowest BCUT2D eigenvalue weighted by atomic mass is 10.0. The van der Waals surface area contributed by atoms with E-state index in [9.17, 15) is 0 Å². The van der Waals surface area contributed by atoms with Gasteiger partial charge in [0.15, 0.2) is 0 Å². The Morgan fingerprint density at radius 1 is 0.583 bits per heavy atom. The van der Waals surface area contributed by atoms with E-state index < -0.39 is 0 Å². The van der Waals surface area contributed by atoms with Gasteiger partial charge in [-0.2, -0.15) is 0 Å². The molecule has 0 spiro atoms. The van der Waals surface area contributed by atoms with Crippen molar-refractivity contribution in [1.82, 2.24) is 0 Å². The van der Waals surface area contributed by atoms with Crippen LogP contribution in [0.15, 0.2) is 91.0 Å². The van der Waals surface area contributed by atoms with Crippen LogP contribution in [0.2, 0.25) is 5.02 Å². The molecule has 0 N–H and O–H groups in total. The van der Waals surface area contributed by atoms with Gasteiger partial charge in [-0.1, -0.05) is 84.4 Å². The molecule has 0 saturated carbocycles. The molecule has 0 atom stereocenters. The Morgan fingerprint density at radius 3 is 1.79 bits per heavy atom. The van der Waals surface area contributed by atoms with Crippen molar-refractivity contribution in [3.05, 3.63) is 96.0 Å². The van der Waals surface area contributed by atoms with Gasteiger partial charge in [-0.3, -0.25) is 0 Å². The normalized spacial score (nSPS) is 10.7. The summed E-state index contributed by atoms with van der Waals surface area (Å²) in [6.45, 7) is 0. The average Bonchev–Trinajstić information content (AvgIpc) is 3.09. The first kappa shape index (κ1) is 15.2. The third kappa shape index (κ3) is 3.01. The van der Waals surface area contributed by atoms with E-state index in [4.69, 9.17) is 11.6 Å². The maximum atomic E-state index is 6.06. The molecular weight excluding hydrogens is 332 g/mol. The van der Waals surface area contributed by atoms with E-state index in [0.717, 1.165) is 5.02 Å². The molecule has 2 heteroatoms. The number of benzene rings is 3. The SMILES string of the molecule is Clc1ccc(-c2sc(-c3ccccc3)cc2-c2ccccc2)cc1. The van der Waals surface area contributed by atoms with Crippen LogP contribution in [0.25, 0.3) is 32.0 Å². The molecule has 4 aromatic rings. The second-order valence-electron chi connectivity index (χ2n) is 5.59. The number of thiophene rings is 1. The van der Waals surface area contributed by atoms with Crippen molar-refractivity contribution in [3.63, 3.8) is 0 Å². The molecule has 24 heavy (non-hydrogen) atoms. The van der Waals surface area contributed by atoms with Gasteiger partial charge >= 0.3 is 0 Å². The Balaban J connectivity index is 1.90. The highest BCUT2D eigenvalue weighted by atomic mass is 35.5. The summed E-state index contributed by atoms with van der Waals surface area (Å²) in [6.07, 6.45) is 0. The lowest BCUT2D eigenvalue weighted by molar-refractivity contribution is 1.64. The van der Waals surface area contributed by atoms with Crippen molar-refractivity contribution in [1.29, 1.82) is 0 Å². The summed E-state index contributed by atoms with van der Waals surface area (Å²) in [6, 6.07) is 31.5. The molecule has 0 saturated heterocycles. The van der Waals surface area contributed by atoms with E-state index >= 15 is 0 Å². The van der Waals surface area contributed by atoms with Crippen LogP contribution in [0.1, 0.15) is 0 Å². The van der Waals surface area contributed by atoms with Gasteiger partial charge in [0, 0.05) is 20.3 Å². The molecule has 0 bridgehead atoms. The number of rotatable bonds is 3. The highest BCUT2D eigenvalue weighted by molar-refractivity contribution is 7.19. The first-order chi connectivity index (χ1) is 11.8. The molecule has 0 aliphatic carbocycles. The molecular formula is C22H15ClS. The summed E-state index contributed by atoms with van der Waals surface area (Å²) in [5.74, 6) is 0. The zero-order chi connectivity index (χ0) is 16.4. The third-order valence-corrected chi connectivity index (χ3v) is 5.47. The monoisotopic (exact) mass is 346 g/mol. The van der Waals surface area contributed by atoms with Crippen molar-refractivity contribution in [2.75, 3.05) is 0 Å². The second-order valence-corrected chi connectivity index (χ2v) is 7.08. The van der Waals surface area contributed by atoms with Gasteiger partial charge in [0.25, 0.3) is 0 Å². The molecule has 0 aliphatic rings. The smallest absolute Gasteiger partial charge is 0.0427 e. The maximum Gasteiger partial charge on any atom is 0.0427 e. The highest BCUT2D eigenvalue weighted by Gasteiger charge is 2.13. The van der Waals surface area contributed by atoms with E-state index in [-0.39, 0.29) is 0 Å². The number of hydrogen-bond donors (Lipinski definition) is 0. The van der Waals surface area contributed by atoms with Crippen molar-refractivity contribution in [2.45, 2.75) is 0 Å². The Hall–Kier alpha value is -2.35. The fraction of sp³-hybridized carbons (Fsp3) is 0. The molecule has 0 nitrogen and oxygen atoms in total. The lowest BCUT2D eigenvalue weighted by Gasteiger charge is -2.04. The van der Waals surface area contributed by atoms with Crippen molar-refractivity contribution >= 4 is 22.9 Å². The van der Waals surface area contributed by atoms with Crippen LogP contribution in [0.3, 0.4) is 0 Å². The minimum Gasteiger partial charge on any atom is -0.135 e. The quantitative estimate of drug-likeness (QED) is 0.362. The summed E-state index contributed by atoms with van der Waals surface area (Å²) < 4.78 is 0. The Bertz CT molecular complexity index is 938. The number of hydrogen-bond acceptors (Lipinski definition) is 1. The van der Waals surface area contributed by atoms with Gasteiger partial charge < -0.3 is 0 Å². The first-order valence-corrected chi connectivity index (χ1v) is 9.01. The standard InChI is InChI=1S/C22H15ClS/c23-19-13-11-18(12-14-19)22-20(16-7-3-1-4-8-16)15-21(24-22)17-9-5-2-6-10-17/h1-15H. The van der Waals surface area contributed by atoms with Gasteiger partial charge in [-0.15, -0.1) is 11.3 Å². The van der Waals surface area contributed by atoms with E-state index in [2.05, 4.69) is 78.9 Å². The van der Waals surface area contributed by atoms with E-state index in [1.807, 2.05) is 23.5 Å². The fourth-order valence-corrected chi connectivity index (χ4v) is 4.10. The maximum absolute atomic E-state index is 6.06. The van der Waals surface area contributed by atoms with Crippen LogP contribution in [0.5, 0.6) is 0 Å². The van der Waals surface area contributed by atoms with E-state index in [1.54, 1.807) is 0 Å². The molecule has 0 fully saturated rings. The van der Waals surface area contributed by atoms with Gasteiger partial charge in [0.2, 0.25) is 0 Å². The van der Waals surface area contributed by atoms with Crippen LogP contribution in [0, 0.1) is 0 Å². The summed E-state index contributed by atoms with van der Waals surface area (Å²) in [5.41, 5.74) is 4.95. The van der Waals surface area contributed by atoms with E-state index in [1.165, 1.54) is 32.0 Å². The molecule has 4 rings (SSSR count). The van der Waals surface area contributed by atoms with E-state index in [0.29, 0.717) is 0 Å². The molecule has 1 heterocycles. The van der Waals surface area contributed by atoms with Crippen molar-refractivity contribution in [3.8, 4) is 32.0 Å². The predicted molar refractivity (Wildman–Crippen MR) is 106 cm³/mol. The van der Waals surface area contributed by atoms with Gasteiger partial charge in [-0.25, -0.2) is 0 Å². The molecule has 116 valence electrons. The Kier molecular flexibility index (Phi) is 4.20. The van der Waals surface area contributed by atoms with Crippen LogP contribution < -0.4 is 0 Å². The lowest BCUT2D eigenvalue weighted by Crippen LogP contribution is -1.78. The molecule has 0 radical (unpaired) electrons. The highest BCUT2D eigenvalue weighted by Crippen LogP contribution is 2.43. The van der Waals surface area contributed by atoms with Crippen LogP contribution >= 0.6 is 22.9 Å². The molecule has 0 unspecified atom stereocenters. The zero-order valence-corrected chi connectivity index (χ0v) is 14.5. The minimum absolute atomic E-state index is 0.764. The molecule has 0 aliphatic heterocycles. The summed E-state index contributed by atoms with van der Waals surface area (Å²) in [4.78, 5) is 2.55. The summed E-state index contributed by atoms with van der Waals surface area (Å²) in [5, 5.41) is 0.764. The van der Waals surface area contributed by atoms with Gasteiger partial charge in [-0.05, 0) is 34.9 Å². The summed E-state index contributed by atoms with van der Waals surface area (Å²) >= 11 is 7.88. The predicted octanol–water partition coefficient (Wildman–Crippen LogP) is 7.40. The Labute approximate surface area is 151 Å².